The molecular formula is C25H29N7O. The molecule has 0 amide bonds. The topological polar surface area (TPSA) is 81.7 Å². The van der Waals surface area contributed by atoms with Crippen molar-refractivity contribution in [1.82, 2.24) is 34.4 Å². The van der Waals surface area contributed by atoms with Crippen molar-refractivity contribution < 1.29 is 4.79 Å². The Morgan fingerprint density at radius 2 is 1.79 bits per heavy atom. The Kier molecular flexibility index (Phi) is 5.76. The molecule has 5 heterocycles. The number of nitrogens with zero attached hydrogens (tertiary/aromatic N) is 7. The number of pyridine rings is 2. The number of carbonyl (C=O) groups excluding carboxylic acids is 1. The zero-order valence-corrected chi connectivity index (χ0v) is 19.3. The highest BCUT2D eigenvalue weighted by molar-refractivity contribution is 5.97. The molecule has 0 radical (unpaired) electrons. The first-order valence-electron chi connectivity index (χ1n) is 11.5. The maximum absolute atomic E-state index is 13.0. The Morgan fingerprint density at radius 1 is 1.00 bits per heavy atom. The lowest BCUT2D eigenvalue weighted by Gasteiger charge is -2.34. The molecule has 5 rings (SSSR count). The summed E-state index contributed by atoms with van der Waals surface area (Å²) in [6.45, 7) is 6.62. The van der Waals surface area contributed by atoms with Crippen LogP contribution in [0.5, 0.6) is 0 Å². The van der Waals surface area contributed by atoms with Gasteiger partial charge in [-0.2, -0.15) is 10.2 Å². The van der Waals surface area contributed by atoms with Gasteiger partial charge in [-0.3, -0.25) is 24.1 Å². The molecule has 4 aromatic rings. The highest BCUT2D eigenvalue weighted by Crippen LogP contribution is 2.24. The van der Waals surface area contributed by atoms with Gasteiger partial charge in [-0.15, -0.1) is 0 Å². The number of Topliss-reactive ketones (excluding diaryl/α,β-unsaturated/α-hetero) is 1. The first-order chi connectivity index (χ1) is 16.0. The fraction of sp³-hybridized carbons (Fsp3) is 0.400. The van der Waals surface area contributed by atoms with Crippen molar-refractivity contribution in [2.24, 2.45) is 7.05 Å². The number of aryl methyl sites for hydroxylation is 1. The SMILES string of the molecule is CC(C)N1CCC(n2cc(C(=O)Cc3cc4cc(-c5cnn(C)c5)ncc4cn3)cn2)CC1. The molecule has 0 N–H and O–H groups in total. The summed E-state index contributed by atoms with van der Waals surface area (Å²) in [6, 6.07) is 4.93. The zero-order valence-electron chi connectivity index (χ0n) is 19.3. The van der Waals surface area contributed by atoms with Gasteiger partial charge in [0.05, 0.1) is 36.1 Å². The van der Waals surface area contributed by atoms with E-state index in [9.17, 15) is 4.79 Å². The van der Waals surface area contributed by atoms with Crippen molar-refractivity contribution in [3.8, 4) is 11.3 Å². The van der Waals surface area contributed by atoms with E-state index in [2.05, 4.69) is 38.9 Å². The quantitative estimate of drug-likeness (QED) is 0.423. The molecule has 8 nitrogen and oxygen atoms in total. The molecule has 0 aliphatic carbocycles. The van der Waals surface area contributed by atoms with E-state index in [0.29, 0.717) is 17.6 Å². The van der Waals surface area contributed by atoms with E-state index < -0.39 is 0 Å². The number of fused-ring (bicyclic) bond motifs is 1. The van der Waals surface area contributed by atoms with Crippen molar-refractivity contribution in [3.63, 3.8) is 0 Å². The minimum atomic E-state index is 0.0363. The van der Waals surface area contributed by atoms with E-state index >= 15 is 0 Å². The van der Waals surface area contributed by atoms with Crippen molar-refractivity contribution >= 4 is 16.6 Å². The summed E-state index contributed by atoms with van der Waals surface area (Å²) in [5.74, 6) is 0.0363. The summed E-state index contributed by atoms with van der Waals surface area (Å²) in [4.78, 5) is 24.5. The lowest BCUT2D eigenvalue weighted by Crippen LogP contribution is -2.39. The Morgan fingerprint density at radius 3 is 2.52 bits per heavy atom. The molecule has 0 unspecified atom stereocenters. The van der Waals surface area contributed by atoms with Crippen LogP contribution >= 0.6 is 0 Å². The number of likely N-dealkylation sites (tertiary alicyclic amines) is 1. The van der Waals surface area contributed by atoms with Gasteiger partial charge >= 0.3 is 0 Å². The molecule has 33 heavy (non-hydrogen) atoms. The maximum atomic E-state index is 13.0. The third-order valence-electron chi connectivity index (χ3n) is 6.53. The van der Waals surface area contributed by atoms with Gasteiger partial charge in [-0.1, -0.05) is 0 Å². The van der Waals surface area contributed by atoms with Crippen LogP contribution in [0.1, 0.15) is 48.8 Å². The minimum Gasteiger partial charge on any atom is -0.301 e. The number of ketones is 1. The Hall–Kier alpha value is -3.39. The predicted octanol–water partition coefficient (Wildman–Crippen LogP) is 3.70. The molecule has 0 atom stereocenters. The van der Waals surface area contributed by atoms with Crippen molar-refractivity contribution in [2.75, 3.05) is 13.1 Å². The van der Waals surface area contributed by atoms with Gasteiger partial charge in [0, 0.05) is 67.6 Å². The van der Waals surface area contributed by atoms with E-state index in [1.54, 1.807) is 23.3 Å². The van der Waals surface area contributed by atoms with E-state index in [4.69, 9.17) is 0 Å². The van der Waals surface area contributed by atoms with Crippen LogP contribution in [-0.4, -0.2) is 59.3 Å². The second kappa shape index (κ2) is 8.86. The number of rotatable bonds is 6. The lowest BCUT2D eigenvalue weighted by atomic mass is 10.0. The number of carbonyl (C=O) groups is 1. The Bertz CT molecular complexity index is 1280. The van der Waals surface area contributed by atoms with Crippen LogP contribution in [0.4, 0.5) is 0 Å². The average molecular weight is 444 g/mol. The molecule has 8 heteroatoms. The molecular weight excluding hydrogens is 414 g/mol. The summed E-state index contributed by atoms with van der Waals surface area (Å²) in [6.07, 6.45) is 13.3. The smallest absolute Gasteiger partial charge is 0.171 e. The van der Waals surface area contributed by atoms with Crippen LogP contribution < -0.4 is 0 Å². The standard InChI is InChI=1S/C25H29N7O/c1-17(2)31-6-4-23(5-7-31)32-16-21(14-29-32)25(33)10-22-8-18-9-24(20-13-28-30(3)15-20)27-12-19(18)11-26-22/h8-9,11-17,23H,4-7,10H2,1-3H3. The van der Waals surface area contributed by atoms with Crippen LogP contribution in [-0.2, 0) is 13.5 Å². The highest BCUT2D eigenvalue weighted by atomic mass is 16.1. The van der Waals surface area contributed by atoms with Gasteiger partial charge in [0.2, 0.25) is 0 Å². The van der Waals surface area contributed by atoms with Gasteiger partial charge in [-0.05, 0) is 44.2 Å². The zero-order chi connectivity index (χ0) is 22.9. The lowest BCUT2D eigenvalue weighted by molar-refractivity contribution is 0.0991. The van der Waals surface area contributed by atoms with Crippen LogP contribution in [0.2, 0.25) is 0 Å². The van der Waals surface area contributed by atoms with Crippen LogP contribution in [0, 0.1) is 0 Å². The monoisotopic (exact) mass is 443 g/mol. The van der Waals surface area contributed by atoms with Crippen LogP contribution in [0.15, 0.2) is 49.3 Å². The molecule has 1 fully saturated rings. The maximum Gasteiger partial charge on any atom is 0.171 e. The number of piperidine rings is 1. The van der Waals surface area contributed by atoms with Crippen molar-refractivity contribution in [1.29, 1.82) is 0 Å². The van der Waals surface area contributed by atoms with E-state index in [1.807, 2.05) is 42.5 Å². The molecule has 0 spiro atoms. The van der Waals surface area contributed by atoms with Crippen molar-refractivity contribution in [3.05, 3.63) is 60.6 Å². The molecule has 4 aromatic heterocycles. The first-order valence-corrected chi connectivity index (χ1v) is 11.5. The molecule has 170 valence electrons. The molecule has 1 aliphatic rings. The molecule has 0 bridgehead atoms. The van der Waals surface area contributed by atoms with E-state index in [-0.39, 0.29) is 12.2 Å². The molecule has 1 aliphatic heterocycles. The van der Waals surface area contributed by atoms with Gasteiger partial charge in [-0.25, -0.2) is 0 Å². The summed E-state index contributed by atoms with van der Waals surface area (Å²) < 4.78 is 3.73. The molecule has 0 aromatic carbocycles. The van der Waals surface area contributed by atoms with Gasteiger partial charge in [0.25, 0.3) is 0 Å². The van der Waals surface area contributed by atoms with Crippen molar-refractivity contribution in [2.45, 2.75) is 45.2 Å². The Balaban J connectivity index is 1.29. The number of hydrogen-bond donors (Lipinski definition) is 0. The predicted molar refractivity (Wildman–Crippen MR) is 127 cm³/mol. The Labute approximate surface area is 193 Å². The third kappa shape index (κ3) is 4.57. The summed E-state index contributed by atoms with van der Waals surface area (Å²) >= 11 is 0. The number of hydrogen-bond acceptors (Lipinski definition) is 6. The molecule has 1 saturated heterocycles. The van der Waals surface area contributed by atoms with E-state index in [1.165, 1.54) is 0 Å². The van der Waals surface area contributed by atoms with Gasteiger partial charge in [0.15, 0.2) is 5.78 Å². The summed E-state index contributed by atoms with van der Waals surface area (Å²) in [7, 11) is 1.88. The normalized spacial score (nSPS) is 15.5. The second-order valence-electron chi connectivity index (χ2n) is 9.16. The van der Waals surface area contributed by atoms with Crippen LogP contribution in [0.3, 0.4) is 0 Å². The number of aromatic nitrogens is 6. The second-order valence-corrected chi connectivity index (χ2v) is 9.16. The highest BCUT2D eigenvalue weighted by Gasteiger charge is 2.23. The minimum absolute atomic E-state index is 0.0363. The van der Waals surface area contributed by atoms with Gasteiger partial charge in [0.1, 0.15) is 0 Å². The first kappa shape index (κ1) is 21.5. The third-order valence-corrected chi connectivity index (χ3v) is 6.53. The largest absolute Gasteiger partial charge is 0.301 e. The van der Waals surface area contributed by atoms with E-state index in [0.717, 1.165) is 53.7 Å². The average Bonchev–Trinajstić information content (AvgIpc) is 3.48. The molecule has 0 saturated carbocycles. The van der Waals surface area contributed by atoms with Crippen LogP contribution in [0.25, 0.3) is 22.0 Å². The fourth-order valence-electron chi connectivity index (χ4n) is 4.51. The summed E-state index contributed by atoms with van der Waals surface area (Å²) in [5.41, 5.74) is 3.20. The summed E-state index contributed by atoms with van der Waals surface area (Å²) in [5, 5.41) is 10.7. The fourth-order valence-corrected chi connectivity index (χ4v) is 4.51. The van der Waals surface area contributed by atoms with Gasteiger partial charge < -0.3 is 4.90 Å².